The predicted octanol–water partition coefficient (Wildman–Crippen LogP) is 4.33. The molecule has 0 aliphatic carbocycles. The van der Waals surface area contributed by atoms with Crippen LogP contribution in [-0.4, -0.2) is 44.1 Å². The SMILES string of the molecule is COc1ccccc1C(=O)N1CCN(c2ccc(Cl)c(C(F)(F)F)c2)CC1. The van der Waals surface area contributed by atoms with E-state index in [0.29, 0.717) is 43.2 Å². The minimum Gasteiger partial charge on any atom is -0.496 e. The Balaban J connectivity index is 1.71. The number of ether oxygens (including phenoxy) is 1. The van der Waals surface area contributed by atoms with Crippen LogP contribution in [0.4, 0.5) is 18.9 Å². The van der Waals surface area contributed by atoms with E-state index in [1.165, 1.54) is 13.2 Å². The molecule has 8 heteroatoms. The second kappa shape index (κ2) is 7.68. The Morgan fingerprint density at radius 1 is 1.07 bits per heavy atom. The molecule has 0 unspecified atom stereocenters. The molecule has 1 heterocycles. The van der Waals surface area contributed by atoms with E-state index in [1.54, 1.807) is 35.2 Å². The molecule has 2 aromatic carbocycles. The first-order valence-electron chi connectivity index (χ1n) is 8.35. The zero-order chi connectivity index (χ0) is 19.6. The Labute approximate surface area is 160 Å². The van der Waals surface area contributed by atoms with Crippen molar-refractivity contribution < 1.29 is 22.7 Å². The van der Waals surface area contributed by atoms with Crippen LogP contribution in [0.3, 0.4) is 0 Å². The maximum atomic E-state index is 13.1. The van der Waals surface area contributed by atoms with Gasteiger partial charge in [0.05, 0.1) is 23.3 Å². The number of halogens is 4. The number of nitrogens with zero attached hydrogens (tertiary/aromatic N) is 2. The van der Waals surface area contributed by atoms with E-state index in [1.807, 2.05) is 4.90 Å². The Hall–Kier alpha value is -2.41. The van der Waals surface area contributed by atoms with E-state index in [9.17, 15) is 18.0 Å². The summed E-state index contributed by atoms with van der Waals surface area (Å²) in [6, 6.07) is 10.8. The molecule has 1 saturated heterocycles. The number of amides is 1. The summed E-state index contributed by atoms with van der Waals surface area (Å²) in [4.78, 5) is 16.2. The lowest BCUT2D eigenvalue weighted by Gasteiger charge is -2.36. The van der Waals surface area contributed by atoms with Gasteiger partial charge in [0.2, 0.25) is 0 Å². The molecule has 4 nitrogen and oxygen atoms in total. The number of anilines is 1. The van der Waals surface area contributed by atoms with Crippen molar-refractivity contribution >= 4 is 23.2 Å². The van der Waals surface area contributed by atoms with Crippen molar-refractivity contribution in [1.82, 2.24) is 4.90 Å². The van der Waals surface area contributed by atoms with Gasteiger partial charge in [-0.2, -0.15) is 13.2 Å². The highest BCUT2D eigenvalue weighted by molar-refractivity contribution is 6.31. The van der Waals surface area contributed by atoms with Gasteiger partial charge in [-0.15, -0.1) is 0 Å². The number of piperazine rings is 1. The summed E-state index contributed by atoms with van der Waals surface area (Å²) in [5, 5.41) is -0.323. The van der Waals surface area contributed by atoms with Crippen molar-refractivity contribution in [2.24, 2.45) is 0 Å². The first-order chi connectivity index (χ1) is 12.8. The van der Waals surface area contributed by atoms with Gasteiger partial charge >= 0.3 is 6.18 Å². The number of benzene rings is 2. The standard InChI is InChI=1S/C19H18ClF3N2O2/c1-27-17-5-3-2-4-14(17)18(26)25-10-8-24(9-11-25)13-6-7-16(20)15(12-13)19(21,22)23/h2-7,12H,8-11H2,1H3. The number of hydrogen-bond donors (Lipinski definition) is 0. The minimum absolute atomic E-state index is 0.154. The van der Waals surface area contributed by atoms with Crippen LogP contribution >= 0.6 is 11.6 Å². The first-order valence-corrected chi connectivity index (χ1v) is 8.73. The number of alkyl halides is 3. The average molecular weight is 399 g/mol. The number of rotatable bonds is 3. The fourth-order valence-electron chi connectivity index (χ4n) is 3.09. The highest BCUT2D eigenvalue weighted by atomic mass is 35.5. The molecule has 0 spiro atoms. The molecule has 3 rings (SSSR count). The summed E-state index contributed by atoms with van der Waals surface area (Å²) in [5.74, 6) is 0.344. The zero-order valence-electron chi connectivity index (χ0n) is 14.6. The van der Waals surface area contributed by atoms with Crippen LogP contribution in [0.1, 0.15) is 15.9 Å². The molecule has 1 amide bonds. The lowest BCUT2D eigenvalue weighted by molar-refractivity contribution is -0.137. The topological polar surface area (TPSA) is 32.8 Å². The normalized spacial score (nSPS) is 15.0. The molecule has 0 atom stereocenters. The van der Waals surface area contributed by atoms with Crippen LogP contribution in [0.25, 0.3) is 0 Å². The Morgan fingerprint density at radius 3 is 2.37 bits per heavy atom. The fourth-order valence-corrected chi connectivity index (χ4v) is 3.31. The summed E-state index contributed by atoms with van der Waals surface area (Å²) in [5.41, 5.74) is 0.0598. The van der Waals surface area contributed by atoms with Crippen molar-refractivity contribution in [2.75, 3.05) is 38.2 Å². The van der Waals surface area contributed by atoms with Gasteiger partial charge in [0.1, 0.15) is 5.75 Å². The van der Waals surface area contributed by atoms with E-state index in [4.69, 9.17) is 16.3 Å². The monoisotopic (exact) mass is 398 g/mol. The van der Waals surface area contributed by atoms with E-state index < -0.39 is 11.7 Å². The quantitative estimate of drug-likeness (QED) is 0.771. The highest BCUT2D eigenvalue weighted by Crippen LogP contribution is 2.37. The van der Waals surface area contributed by atoms with Crippen molar-refractivity contribution in [3.8, 4) is 5.75 Å². The zero-order valence-corrected chi connectivity index (χ0v) is 15.3. The Kier molecular flexibility index (Phi) is 5.51. The molecule has 0 radical (unpaired) electrons. The highest BCUT2D eigenvalue weighted by Gasteiger charge is 2.34. The van der Waals surface area contributed by atoms with E-state index >= 15 is 0 Å². The van der Waals surface area contributed by atoms with Gasteiger partial charge in [0, 0.05) is 31.9 Å². The van der Waals surface area contributed by atoms with E-state index in [2.05, 4.69) is 0 Å². The molecule has 1 aliphatic heterocycles. The van der Waals surface area contributed by atoms with Crippen molar-refractivity contribution in [3.63, 3.8) is 0 Å². The van der Waals surface area contributed by atoms with Gasteiger partial charge < -0.3 is 14.5 Å². The number of carbonyl (C=O) groups excluding carboxylic acids is 1. The van der Waals surface area contributed by atoms with Crippen LogP contribution in [0, 0.1) is 0 Å². The fraction of sp³-hybridized carbons (Fsp3) is 0.316. The van der Waals surface area contributed by atoms with Crippen LogP contribution in [0.5, 0.6) is 5.75 Å². The van der Waals surface area contributed by atoms with Gasteiger partial charge in [-0.25, -0.2) is 0 Å². The van der Waals surface area contributed by atoms with Crippen molar-refractivity contribution in [1.29, 1.82) is 0 Å². The van der Waals surface area contributed by atoms with Gasteiger partial charge in [-0.1, -0.05) is 23.7 Å². The van der Waals surface area contributed by atoms with E-state index in [-0.39, 0.29) is 10.9 Å². The Bertz CT molecular complexity index is 834. The first kappa shape index (κ1) is 19.4. The second-order valence-electron chi connectivity index (χ2n) is 6.14. The lowest BCUT2D eigenvalue weighted by Crippen LogP contribution is -2.48. The molecule has 27 heavy (non-hydrogen) atoms. The molecule has 0 N–H and O–H groups in total. The maximum Gasteiger partial charge on any atom is 0.417 e. The largest absolute Gasteiger partial charge is 0.496 e. The summed E-state index contributed by atoms with van der Waals surface area (Å²) in [6.07, 6.45) is -4.51. The number of para-hydroxylation sites is 1. The molecule has 2 aromatic rings. The average Bonchev–Trinajstić information content (AvgIpc) is 2.67. The van der Waals surface area contributed by atoms with Crippen LogP contribution < -0.4 is 9.64 Å². The lowest BCUT2D eigenvalue weighted by atomic mass is 10.1. The molecular weight excluding hydrogens is 381 g/mol. The third-order valence-corrected chi connectivity index (χ3v) is 4.85. The van der Waals surface area contributed by atoms with Crippen molar-refractivity contribution in [2.45, 2.75) is 6.18 Å². The van der Waals surface area contributed by atoms with Gasteiger partial charge in [-0.05, 0) is 30.3 Å². The van der Waals surface area contributed by atoms with Gasteiger partial charge in [0.15, 0.2) is 0 Å². The van der Waals surface area contributed by atoms with Crippen LogP contribution in [-0.2, 0) is 6.18 Å². The number of carbonyl (C=O) groups is 1. The van der Waals surface area contributed by atoms with E-state index in [0.717, 1.165) is 6.07 Å². The molecular formula is C19H18ClF3N2O2. The molecule has 0 aromatic heterocycles. The van der Waals surface area contributed by atoms with Crippen LogP contribution in [0.2, 0.25) is 5.02 Å². The third kappa shape index (κ3) is 4.13. The Morgan fingerprint density at radius 2 is 1.74 bits per heavy atom. The molecule has 0 saturated carbocycles. The van der Waals surface area contributed by atoms with Gasteiger partial charge in [-0.3, -0.25) is 4.79 Å². The second-order valence-corrected chi connectivity index (χ2v) is 6.55. The maximum absolute atomic E-state index is 13.1. The summed E-state index contributed by atoms with van der Waals surface area (Å²) in [6.45, 7) is 1.67. The summed E-state index contributed by atoms with van der Waals surface area (Å²) >= 11 is 5.68. The molecule has 144 valence electrons. The van der Waals surface area contributed by atoms with Gasteiger partial charge in [0.25, 0.3) is 5.91 Å². The summed E-state index contributed by atoms with van der Waals surface area (Å²) < 4.78 is 44.4. The summed E-state index contributed by atoms with van der Waals surface area (Å²) in [7, 11) is 1.50. The molecule has 1 aliphatic rings. The van der Waals surface area contributed by atoms with Crippen molar-refractivity contribution in [3.05, 3.63) is 58.6 Å². The number of methoxy groups -OCH3 is 1. The predicted molar refractivity (Wildman–Crippen MR) is 97.6 cm³/mol. The smallest absolute Gasteiger partial charge is 0.417 e. The molecule has 1 fully saturated rings. The minimum atomic E-state index is -4.51. The number of hydrogen-bond acceptors (Lipinski definition) is 3. The molecule has 0 bridgehead atoms. The third-order valence-electron chi connectivity index (χ3n) is 4.52. The van der Waals surface area contributed by atoms with Crippen LogP contribution in [0.15, 0.2) is 42.5 Å².